The standard InChI is InChI=1S/C24H25N5O3S/c1-17-14-28(16-24(30)27-23-7-3-6-22-21(23)5-4-12-26-22)15-18(2)29(17)33(31,32)20-10-8-19(13-25)9-11-20/h3-12,17-18H,14-16H2,1-2H3,(H,27,30)/t17-,18+. The van der Waals surface area contributed by atoms with Gasteiger partial charge in [-0.1, -0.05) is 6.07 Å². The summed E-state index contributed by atoms with van der Waals surface area (Å²) in [5.74, 6) is -0.158. The minimum atomic E-state index is -3.72. The van der Waals surface area contributed by atoms with E-state index in [1.807, 2.05) is 55.1 Å². The van der Waals surface area contributed by atoms with E-state index in [1.54, 1.807) is 6.20 Å². The van der Waals surface area contributed by atoms with Gasteiger partial charge in [0.25, 0.3) is 0 Å². The average Bonchev–Trinajstić information content (AvgIpc) is 2.78. The number of nitriles is 1. The first-order valence-electron chi connectivity index (χ1n) is 10.7. The summed E-state index contributed by atoms with van der Waals surface area (Å²) in [6.45, 7) is 4.72. The average molecular weight is 464 g/mol. The number of fused-ring (bicyclic) bond motifs is 1. The monoisotopic (exact) mass is 463 g/mol. The van der Waals surface area contributed by atoms with Crippen LogP contribution < -0.4 is 5.32 Å². The molecule has 9 heteroatoms. The zero-order chi connectivity index (χ0) is 23.6. The molecule has 3 aromatic rings. The highest BCUT2D eigenvalue weighted by Gasteiger charge is 2.38. The highest BCUT2D eigenvalue weighted by molar-refractivity contribution is 7.89. The molecule has 8 nitrogen and oxygen atoms in total. The lowest BCUT2D eigenvalue weighted by Gasteiger charge is -2.43. The summed E-state index contributed by atoms with van der Waals surface area (Å²) >= 11 is 0. The predicted octanol–water partition coefficient (Wildman–Crippen LogP) is 2.83. The van der Waals surface area contributed by atoms with Crippen molar-refractivity contribution in [3.05, 3.63) is 66.4 Å². The lowest BCUT2D eigenvalue weighted by Crippen LogP contribution is -2.59. The van der Waals surface area contributed by atoms with Crippen LogP contribution in [0.25, 0.3) is 10.9 Å². The van der Waals surface area contributed by atoms with Gasteiger partial charge in [-0.15, -0.1) is 0 Å². The molecule has 1 fully saturated rings. The van der Waals surface area contributed by atoms with Gasteiger partial charge >= 0.3 is 0 Å². The second-order valence-corrected chi connectivity index (χ2v) is 10.1. The summed E-state index contributed by atoms with van der Waals surface area (Å²) in [6.07, 6.45) is 1.71. The van der Waals surface area contributed by atoms with Gasteiger partial charge in [0.1, 0.15) is 0 Å². The first kappa shape index (κ1) is 22.9. The Morgan fingerprint density at radius 2 is 1.79 bits per heavy atom. The smallest absolute Gasteiger partial charge is 0.243 e. The molecule has 0 spiro atoms. The molecule has 1 N–H and O–H groups in total. The molecule has 1 aromatic heterocycles. The fraction of sp³-hybridized carbons (Fsp3) is 0.292. The van der Waals surface area contributed by atoms with Crippen LogP contribution in [0.5, 0.6) is 0 Å². The number of hydrogen-bond acceptors (Lipinski definition) is 6. The van der Waals surface area contributed by atoms with E-state index < -0.39 is 10.0 Å². The van der Waals surface area contributed by atoms with E-state index in [1.165, 1.54) is 28.6 Å². The molecule has 4 rings (SSSR count). The van der Waals surface area contributed by atoms with E-state index in [0.29, 0.717) is 24.3 Å². The van der Waals surface area contributed by atoms with Crippen LogP contribution >= 0.6 is 0 Å². The third-order valence-electron chi connectivity index (χ3n) is 5.76. The van der Waals surface area contributed by atoms with Crippen molar-refractivity contribution < 1.29 is 13.2 Å². The number of aromatic nitrogens is 1. The number of rotatable bonds is 5. The van der Waals surface area contributed by atoms with Gasteiger partial charge in [-0.25, -0.2) is 8.42 Å². The first-order valence-corrected chi connectivity index (χ1v) is 12.1. The Bertz CT molecular complexity index is 1300. The molecule has 0 saturated carbocycles. The van der Waals surface area contributed by atoms with Crippen molar-refractivity contribution in [3.63, 3.8) is 0 Å². The van der Waals surface area contributed by atoms with Crippen LogP contribution in [-0.4, -0.2) is 60.2 Å². The molecule has 2 heterocycles. The predicted molar refractivity (Wildman–Crippen MR) is 126 cm³/mol. The number of piperazine rings is 1. The Balaban J connectivity index is 1.44. The number of hydrogen-bond donors (Lipinski definition) is 1. The van der Waals surface area contributed by atoms with Crippen LogP contribution in [-0.2, 0) is 14.8 Å². The number of amides is 1. The highest BCUT2D eigenvalue weighted by Crippen LogP contribution is 2.26. The molecule has 2 atom stereocenters. The second-order valence-electron chi connectivity index (χ2n) is 8.29. The van der Waals surface area contributed by atoms with Crippen LogP contribution in [0.2, 0.25) is 0 Å². The number of nitrogens with one attached hydrogen (secondary N) is 1. The Kier molecular flexibility index (Phi) is 6.42. The van der Waals surface area contributed by atoms with Crippen molar-refractivity contribution in [2.75, 3.05) is 25.0 Å². The van der Waals surface area contributed by atoms with Crippen LogP contribution in [0.3, 0.4) is 0 Å². The molecule has 170 valence electrons. The second kappa shape index (κ2) is 9.27. The van der Waals surface area contributed by atoms with E-state index in [2.05, 4.69) is 10.3 Å². The third-order valence-corrected chi connectivity index (χ3v) is 7.90. The molecule has 1 aliphatic heterocycles. The van der Waals surface area contributed by atoms with E-state index in [0.717, 1.165) is 10.9 Å². The fourth-order valence-corrected chi connectivity index (χ4v) is 6.25. The molecule has 33 heavy (non-hydrogen) atoms. The molecule has 1 saturated heterocycles. The van der Waals surface area contributed by atoms with Gasteiger partial charge < -0.3 is 5.32 Å². The first-order chi connectivity index (χ1) is 15.8. The Labute approximate surface area is 193 Å². The van der Waals surface area contributed by atoms with Crippen LogP contribution in [0.4, 0.5) is 5.69 Å². The van der Waals surface area contributed by atoms with Gasteiger partial charge in [0.05, 0.1) is 34.3 Å². The van der Waals surface area contributed by atoms with Gasteiger partial charge in [0, 0.05) is 36.8 Å². The van der Waals surface area contributed by atoms with Crippen molar-refractivity contribution >= 4 is 32.5 Å². The molecular formula is C24H25N5O3S. The van der Waals surface area contributed by atoms with E-state index in [4.69, 9.17) is 5.26 Å². The minimum absolute atomic E-state index is 0.158. The summed E-state index contributed by atoms with van der Waals surface area (Å²) in [5, 5.41) is 12.8. The maximum Gasteiger partial charge on any atom is 0.243 e. The van der Waals surface area contributed by atoms with Crippen LogP contribution in [0.15, 0.2) is 65.7 Å². The van der Waals surface area contributed by atoms with Crippen molar-refractivity contribution in [1.82, 2.24) is 14.2 Å². The van der Waals surface area contributed by atoms with Crippen molar-refractivity contribution in [2.24, 2.45) is 0 Å². The zero-order valence-electron chi connectivity index (χ0n) is 18.5. The number of carbonyl (C=O) groups is 1. The SMILES string of the molecule is C[C@@H]1CN(CC(=O)Nc2cccc3ncccc23)C[C@H](C)N1S(=O)(=O)c1ccc(C#N)cc1. The quantitative estimate of drug-likeness (QED) is 0.624. The number of sulfonamides is 1. The normalized spacial score (nSPS) is 19.8. The molecular weight excluding hydrogens is 438 g/mol. The van der Waals surface area contributed by atoms with Gasteiger partial charge in [-0.2, -0.15) is 9.57 Å². The lowest BCUT2D eigenvalue weighted by molar-refractivity contribution is -0.118. The number of nitrogens with zero attached hydrogens (tertiary/aromatic N) is 4. The Morgan fingerprint density at radius 3 is 2.45 bits per heavy atom. The van der Waals surface area contributed by atoms with Crippen LogP contribution in [0, 0.1) is 11.3 Å². The maximum absolute atomic E-state index is 13.2. The maximum atomic E-state index is 13.2. The van der Waals surface area contributed by atoms with E-state index >= 15 is 0 Å². The topological polar surface area (TPSA) is 106 Å². The summed E-state index contributed by atoms with van der Waals surface area (Å²) in [4.78, 5) is 19.2. The van der Waals surface area contributed by atoms with E-state index in [9.17, 15) is 13.2 Å². The Hall–Kier alpha value is -3.32. The number of benzene rings is 2. The van der Waals surface area contributed by atoms with Crippen LogP contribution in [0.1, 0.15) is 19.4 Å². The molecule has 0 aliphatic carbocycles. The van der Waals surface area contributed by atoms with Gasteiger partial charge in [0.2, 0.25) is 15.9 Å². The summed E-state index contributed by atoms with van der Waals surface area (Å²) in [6, 6.07) is 16.6. The molecule has 0 radical (unpaired) electrons. The van der Waals surface area contributed by atoms with E-state index in [-0.39, 0.29) is 29.4 Å². The fourth-order valence-electron chi connectivity index (χ4n) is 4.45. The third kappa shape index (κ3) is 4.73. The number of carbonyl (C=O) groups excluding carboxylic acids is 1. The molecule has 0 unspecified atom stereocenters. The van der Waals surface area contributed by atoms with Gasteiger partial charge in [0.15, 0.2) is 0 Å². The van der Waals surface area contributed by atoms with Crippen molar-refractivity contribution in [1.29, 1.82) is 5.26 Å². The molecule has 0 bridgehead atoms. The van der Waals surface area contributed by atoms with Crippen molar-refractivity contribution in [2.45, 2.75) is 30.8 Å². The number of pyridine rings is 1. The summed E-state index contributed by atoms with van der Waals surface area (Å²) < 4.78 is 28.0. The minimum Gasteiger partial charge on any atom is -0.324 e. The zero-order valence-corrected chi connectivity index (χ0v) is 19.3. The molecule has 1 aliphatic rings. The lowest BCUT2D eigenvalue weighted by atomic mass is 10.1. The Morgan fingerprint density at radius 1 is 1.09 bits per heavy atom. The van der Waals surface area contributed by atoms with Crippen molar-refractivity contribution in [3.8, 4) is 6.07 Å². The summed E-state index contributed by atoms with van der Waals surface area (Å²) in [5.41, 5.74) is 1.92. The largest absolute Gasteiger partial charge is 0.324 e. The number of anilines is 1. The summed E-state index contributed by atoms with van der Waals surface area (Å²) in [7, 11) is -3.72. The molecule has 2 aromatic carbocycles. The highest BCUT2D eigenvalue weighted by atomic mass is 32.2. The molecule has 1 amide bonds. The van der Waals surface area contributed by atoms with Gasteiger partial charge in [-0.3, -0.25) is 14.7 Å². The van der Waals surface area contributed by atoms with Gasteiger partial charge in [-0.05, 0) is 62.4 Å².